The zero-order valence-electron chi connectivity index (χ0n) is 14.2. The summed E-state index contributed by atoms with van der Waals surface area (Å²) >= 11 is 0. The summed E-state index contributed by atoms with van der Waals surface area (Å²) in [6.07, 6.45) is 0.0171. The Kier molecular flexibility index (Phi) is 6.29. The Morgan fingerprint density at radius 3 is 2.04 bits per heavy atom. The maximum Gasteiger partial charge on any atom is 0.161 e. The minimum Gasteiger partial charge on any atom is -0.496 e. The second-order valence-electron chi connectivity index (χ2n) is 5.45. The van der Waals surface area contributed by atoms with Gasteiger partial charge in [0.1, 0.15) is 11.9 Å². The third kappa shape index (κ3) is 4.63. The van der Waals surface area contributed by atoms with Crippen LogP contribution in [-0.4, -0.2) is 26.9 Å². The summed E-state index contributed by atoms with van der Waals surface area (Å²) in [5, 5.41) is 3.49. The van der Waals surface area contributed by atoms with Crippen LogP contribution in [0.15, 0.2) is 48.5 Å². The maximum absolute atomic E-state index is 5.96. The molecule has 0 spiro atoms. The Morgan fingerprint density at radius 2 is 1.39 bits per heavy atom. The Hall–Kier alpha value is -2.20. The topological polar surface area (TPSA) is 39.7 Å². The summed E-state index contributed by atoms with van der Waals surface area (Å²) in [6.45, 7) is 4.87. The predicted octanol–water partition coefficient (Wildman–Crippen LogP) is 3.82. The molecule has 0 aromatic heterocycles. The van der Waals surface area contributed by atoms with Crippen molar-refractivity contribution in [3.05, 3.63) is 54.1 Å². The maximum atomic E-state index is 5.96. The van der Waals surface area contributed by atoms with Crippen LogP contribution < -0.4 is 19.5 Å². The number of hydrogen-bond acceptors (Lipinski definition) is 4. The van der Waals surface area contributed by atoms with Gasteiger partial charge in [-0.05, 0) is 32.0 Å². The summed E-state index contributed by atoms with van der Waals surface area (Å²) in [7, 11) is 3.34. The molecule has 0 amide bonds. The second-order valence-corrected chi connectivity index (χ2v) is 5.45. The van der Waals surface area contributed by atoms with Crippen LogP contribution in [-0.2, 0) is 0 Å². The fourth-order valence-corrected chi connectivity index (χ4v) is 2.45. The molecular weight excluding hydrogens is 290 g/mol. The average Bonchev–Trinajstić information content (AvgIpc) is 2.60. The summed E-state index contributed by atoms with van der Waals surface area (Å²) in [5.74, 6) is 2.40. The highest BCUT2D eigenvalue weighted by Crippen LogP contribution is 2.27. The SMILES string of the molecule is COc1ccccc1OC(C)CNC(C)c1ccccc1OC. The van der Waals surface area contributed by atoms with Crippen LogP contribution in [0.1, 0.15) is 25.5 Å². The third-order valence-electron chi connectivity index (χ3n) is 3.71. The Morgan fingerprint density at radius 1 is 0.826 bits per heavy atom. The van der Waals surface area contributed by atoms with Crippen molar-refractivity contribution in [2.75, 3.05) is 20.8 Å². The van der Waals surface area contributed by atoms with Crippen molar-refractivity contribution < 1.29 is 14.2 Å². The number of benzene rings is 2. The van der Waals surface area contributed by atoms with Gasteiger partial charge in [0.05, 0.1) is 14.2 Å². The van der Waals surface area contributed by atoms with E-state index >= 15 is 0 Å². The fourth-order valence-electron chi connectivity index (χ4n) is 2.45. The van der Waals surface area contributed by atoms with Crippen molar-refractivity contribution >= 4 is 0 Å². The van der Waals surface area contributed by atoms with Crippen LogP contribution in [0.3, 0.4) is 0 Å². The first-order chi connectivity index (χ1) is 11.2. The molecule has 0 heterocycles. The highest BCUT2D eigenvalue weighted by Gasteiger charge is 2.13. The van der Waals surface area contributed by atoms with Crippen molar-refractivity contribution in [1.82, 2.24) is 5.32 Å². The van der Waals surface area contributed by atoms with E-state index in [2.05, 4.69) is 18.3 Å². The standard InChI is InChI=1S/C19H25NO3/c1-14(23-19-12-8-7-11-18(19)22-4)13-20-15(2)16-9-5-6-10-17(16)21-3/h5-12,14-15,20H,13H2,1-4H3. The molecule has 0 bridgehead atoms. The minimum atomic E-state index is 0.0171. The van der Waals surface area contributed by atoms with Gasteiger partial charge in [-0.25, -0.2) is 0 Å². The monoisotopic (exact) mass is 315 g/mol. The van der Waals surface area contributed by atoms with Crippen molar-refractivity contribution in [2.45, 2.75) is 26.0 Å². The van der Waals surface area contributed by atoms with Gasteiger partial charge in [0.2, 0.25) is 0 Å². The number of para-hydroxylation sites is 3. The third-order valence-corrected chi connectivity index (χ3v) is 3.71. The molecule has 124 valence electrons. The van der Waals surface area contributed by atoms with E-state index in [1.165, 1.54) is 0 Å². The summed E-state index contributed by atoms with van der Waals surface area (Å²) in [6, 6.07) is 15.9. The molecule has 0 aliphatic carbocycles. The lowest BCUT2D eigenvalue weighted by Crippen LogP contribution is -2.31. The van der Waals surface area contributed by atoms with Gasteiger partial charge in [-0.1, -0.05) is 30.3 Å². The zero-order valence-corrected chi connectivity index (χ0v) is 14.2. The predicted molar refractivity (Wildman–Crippen MR) is 92.5 cm³/mol. The molecule has 23 heavy (non-hydrogen) atoms. The van der Waals surface area contributed by atoms with Crippen LogP contribution in [0.2, 0.25) is 0 Å². The average molecular weight is 315 g/mol. The number of ether oxygens (including phenoxy) is 3. The second kappa shape index (κ2) is 8.44. The van der Waals surface area contributed by atoms with Crippen LogP contribution in [0.5, 0.6) is 17.2 Å². The molecule has 2 aromatic carbocycles. The van der Waals surface area contributed by atoms with Crippen molar-refractivity contribution in [1.29, 1.82) is 0 Å². The number of hydrogen-bond donors (Lipinski definition) is 1. The highest BCUT2D eigenvalue weighted by atomic mass is 16.5. The first-order valence-corrected chi connectivity index (χ1v) is 7.81. The van der Waals surface area contributed by atoms with E-state index < -0.39 is 0 Å². The molecule has 0 aliphatic heterocycles. The number of nitrogens with one attached hydrogen (secondary N) is 1. The van der Waals surface area contributed by atoms with Crippen LogP contribution in [0.25, 0.3) is 0 Å². The van der Waals surface area contributed by atoms with E-state index in [9.17, 15) is 0 Å². The van der Waals surface area contributed by atoms with Gasteiger partial charge in [-0.3, -0.25) is 0 Å². The first kappa shape index (κ1) is 17.2. The van der Waals surface area contributed by atoms with E-state index in [0.717, 1.165) is 29.4 Å². The Bertz CT molecular complexity index is 615. The smallest absolute Gasteiger partial charge is 0.161 e. The van der Waals surface area contributed by atoms with Gasteiger partial charge in [-0.2, -0.15) is 0 Å². The Labute approximate surface area is 138 Å². The van der Waals surface area contributed by atoms with Crippen molar-refractivity contribution in [2.24, 2.45) is 0 Å². The summed E-state index contributed by atoms with van der Waals surface area (Å²) in [4.78, 5) is 0. The zero-order chi connectivity index (χ0) is 16.7. The van der Waals surface area contributed by atoms with E-state index in [0.29, 0.717) is 0 Å². The molecule has 4 heteroatoms. The van der Waals surface area contributed by atoms with Crippen molar-refractivity contribution in [3.63, 3.8) is 0 Å². The fraction of sp³-hybridized carbons (Fsp3) is 0.368. The highest BCUT2D eigenvalue weighted by molar-refractivity contribution is 5.39. The molecule has 0 saturated heterocycles. The largest absolute Gasteiger partial charge is 0.496 e. The molecule has 2 rings (SSSR count). The van der Waals surface area contributed by atoms with Gasteiger partial charge in [0.25, 0.3) is 0 Å². The normalized spacial score (nSPS) is 13.2. The molecule has 0 saturated carbocycles. The molecule has 4 nitrogen and oxygen atoms in total. The van der Waals surface area contributed by atoms with Gasteiger partial charge < -0.3 is 19.5 Å². The lowest BCUT2D eigenvalue weighted by Gasteiger charge is -2.21. The van der Waals surface area contributed by atoms with Crippen LogP contribution >= 0.6 is 0 Å². The van der Waals surface area contributed by atoms with Gasteiger partial charge in [0, 0.05) is 18.2 Å². The minimum absolute atomic E-state index is 0.0171. The molecule has 2 atom stereocenters. The number of methoxy groups -OCH3 is 2. The van der Waals surface area contributed by atoms with Gasteiger partial charge >= 0.3 is 0 Å². The van der Waals surface area contributed by atoms with Gasteiger partial charge in [-0.15, -0.1) is 0 Å². The molecule has 0 radical (unpaired) electrons. The van der Waals surface area contributed by atoms with E-state index in [-0.39, 0.29) is 12.1 Å². The molecular formula is C19H25NO3. The van der Waals surface area contributed by atoms with E-state index in [1.54, 1.807) is 14.2 Å². The lowest BCUT2D eigenvalue weighted by molar-refractivity contribution is 0.203. The van der Waals surface area contributed by atoms with Crippen LogP contribution in [0, 0.1) is 0 Å². The summed E-state index contributed by atoms with van der Waals surface area (Å²) < 4.78 is 16.7. The van der Waals surface area contributed by atoms with E-state index in [1.807, 2.05) is 49.4 Å². The summed E-state index contributed by atoms with van der Waals surface area (Å²) in [5.41, 5.74) is 1.14. The quantitative estimate of drug-likeness (QED) is 0.804. The lowest BCUT2D eigenvalue weighted by atomic mass is 10.1. The number of rotatable bonds is 8. The molecule has 0 aliphatic rings. The van der Waals surface area contributed by atoms with E-state index in [4.69, 9.17) is 14.2 Å². The molecule has 0 fully saturated rings. The van der Waals surface area contributed by atoms with Gasteiger partial charge in [0.15, 0.2) is 11.5 Å². The molecule has 2 unspecified atom stereocenters. The molecule has 2 aromatic rings. The van der Waals surface area contributed by atoms with Crippen molar-refractivity contribution in [3.8, 4) is 17.2 Å². The van der Waals surface area contributed by atoms with Crippen LogP contribution in [0.4, 0.5) is 0 Å². The first-order valence-electron chi connectivity index (χ1n) is 7.81. The molecule has 1 N–H and O–H groups in total. The Balaban J connectivity index is 1.92.